The fourth-order valence-corrected chi connectivity index (χ4v) is 2.02. The van der Waals surface area contributed by atoms with E-state index in [1.807, 2.05) is 0 Å². The van der Waals surface area contributed by atoms with Crippen LogP contribution in [0.25, 0.3) is 0 Å². The molecule has 0 fully saturated rings. The maximum absolute atomic E-state index is 10.7. The zero-order chi connectivity index (χ0) is 10.9. The van der Waals surface area contributed by atoms with Crippen molar-refractivity contribution in [3.63, 3.8) is 0 Å². The van der Waals surface area contributed by atoms with E-state index in [-0.39, 0.29) is 0 Å². The van der Waals surface area contributed by atoms with E-state index in [0.717, 1.165) is 31.6 Å². The Hall–Kier alpha value is 1.06. The van der Waals surface area contributed by atoms with Crippen molar-refractivity contribution < 1.29 is 9.09 Å². The summed E-state index contributed by atoms with van der Waals surface area (Å²) in [6.45, 7) is 0.375. The summed E-state index contributed by atoms with van der Waals surface area (Å²) in [4.78, 5) is 0. The van der Waals surface area contributed by atoms with E-state index in [9.17, 15) is 4.57 Å². The first kappa shape index (κ1) is 15.1. The van der Waals surface area contributed by atoms with E-state index in [4.69, 9.17) is 38.6 Å². The maximum Gasteiger partial charge on any atom is 0.380 e. The highest BCUT2D eigenvalue weighted by molar-refractivity contribution is 8.05. The monoisotopic (exact) mass is 280 g/mol. The van der Waals surface area contributed by atoms with Crippen molar-refractivity contribution >= 4 is 40.2 Å². The lowest BCUT2D eigenvalue weighted by atomic mass is 10.1. The molecule has 0 aliphatic rings. The SMILES string of the molecule is O=P(Cl)(Cl)OCCCCCCCCCl. The first-order valence-corrected chi connectivity index (χ1v) is 8.73. The molecular formula is C8H16Cl3O2P. The van der Waals surface area contributed by atoms with E-state index < -0.39 is 6.07 Å². The molecule has 0 saturated carbocycles. The van der Waals surface area contributed by atoms with Crippen LogP contribution in [0.15, 0.2) is 0 Å². The van der Waals surface area contributed by atoms with E-state index in [2.05, 4.69) is 0 Å². The Balaban J connectivity index is 3.03. The lowest BCUT2D eigenvalue weighted by molar-refractivity contribution is 0.320. The van der Waals surface area contributed by atoms with Gasteiger partial charge >= 0.3 is 6.07 Å². The normalized spacial score (nSPS) is 11.9. The van der Waals surface area contributed by atoms with Gasteiger partial charge in [-0.15, -0.1) is 11.6 Å². The zero-order valence-electron chi connectivity index (χ0n) is 8.05. The van der Waals surface area contributed by atoms with Crippen LogP contribution in [0.4, 0.5) is 0 Å². The summed E-state index contributed by atoms with van der Waals surface area (Å²) in [5.41, 5.74) is 0. The second-order valence-corrected chi connectivity index (χ2v) is 7.71. The summed E-state index contributed by atoms with van der Waals surface area (Å²) in [6.07, 6.45) is 3.19. The first-order chi connectivity index (χ1) is 6.56. The van der Waals surface area contributed by atoms with Crippen molar-refractivity contribution in [3.8, 4) is 0 Å². The first-order valence-electron chi connectivity index (χ1n) is 4.76. The Bertz CT molecular complexity index is 172. The minimum Gasteiger partial charge on any atom is -0.306 e. The Labute approximate surface area is 100 Å². The second-order valence-electron chi connectivity index (χ2n) is 3.06. The van der Waals surface area contributed by atoms with Crippen LogP contribution in [0.2, 0.25) is 0 Å². The lowest BCUT2D eigenvalue weighted by Gasteiger charge is -2.03. The molecule has 0 aromatic heterocycles. The zero-order valence-corrected chi connectivity index (χ0v) is 11.2. The number of halogens is 3. The molecule has 86 valence electrons. The van der Waals surface area contributed by atoms with Crippen molar-refractivity contribution in [2.75, 3.05) is 12.5 Å². The average Bonchev–Trinajstić information content (AvgIpc) is 2.08. The van der Waals surface area contributed by atoms with Crippen molar-refractivity contribution in [2.24, 2.45) is 0 Å². The smallest absolute Gasteiger partial charge is 0.306 e. The molecule has 0 aliphatic heterocycles. The molecule has 6 heteroatoms. The van der Waals surface area contributed by atoms with Crippen molar-refractivity contribution in [1.82, 2.24) is 0 Å². The standard InChI is InChI=1S/C8H16Cl3O2P/c9-7-5-3-1-2-4-6-8-13-14(10,11)12/h1-8H2. The van der Waals surface area contributed by atoms with Crippen LogP contribution in [0.1, 0.15) is 38.5 Å². The van der Waals surface area contributed by atoms with Gasteiger partial charge in [-0.25, -0.2) is 0 Å². The van der Waals surface area contributed by atoms with Crippen LogP contribution in [0, 0.1) is 0 Å². The fourth-order valence-electron chi connectivity index (χ4n) is 1.07. The van der Waals surface area contributed by atoms with Gasteiger partial charge in [0, 0.05) is 5.88 Å². The van der Waals surface area contributed by atoms with Gasteiger partial charge in [-0.2, -0.15) is 0 Å². The fraction of sp³-hybridized carbons (Fsp3) is 1.00. The molecule has 0 bridgehead atoms. The molecule has 0 radical (unpaired) electrons. The average molecular weight is 282 g/mol. The molecule has 0 N–H and O–H groups in total. The number of rotatable bonds is 9. The van der Waals surface area contributed by atoms with Crippen LogP contribution in [-0.4, -0.2) is 12.5 Å². The topological polar surface area (TPSA) is 26.3 Å². The highest BCUT2D eigenvalue weighted by atomic mass is 35.9. The van der Waals surface area contributed by atoms with Crippen molar-refractivity contribution in [3.05, 3.63) is 0 Å². The van der Waals surface area contributed by atoms with Gasteiger partial charge in [-0.05, 0) is 35.3 Å². The predicted molar refractivity (Wildman–Crippen MR) is 63.7 cm³/mol. The highest BCUT2D eigenvalue weighted by Crippen LogP contribution is 2.57. The minimum absolute atomic E-state index is 0.375. The predicted octanol–water partition coefficient (Wildman–Crippen LogP) is 5.17. The third-order valence-corrected chi connectivity index (χ3v) is 3.11. The van der Waals surface area contributed by atoms with Gasteiger partial charge < -0.3 is 4.52 Å². The van der Waals surface area contributed by atoms with Crippen LogP contribution in [0.5, 0.6) is 0 Å². The van der Waals surface area contributed by atoms with Gasteiger partial charge in [-0.3, -0.25) is 4.57 Å². The number of unbranched alkanes of at least 4 members (excludes halogenated alkanes) is 5. The van der Waals surface area contributed by atoms with Gasteiger partial charge in [0.2, 0.25) is 0 Å². The van der Waals surface area contributed by atoms with Gasteiger partial charge in [0.1, 0.15) is 0 Å². The summed E-state index contributed by atoms with van der Waals surface area (Å²) >= 11 is 15.9. The molecule has 0 unspecified atom stereocenters. The summed E-state index contributed by atoms with van der Waals surface area (Å²) in [5.74, 6) is 0.741. The molecule has 0 atom stereocenters. The van der Waals surface area contributed by atoms with E-state index in [1.165, 1.54) is 12.8 Å². The molecular weight excluding hydrogens is 265 g/mol. The van der Waals surface area contributed by atoms with E-state index in [1.54, 1.807) is 0 Å². The molecule has 14 heavy (non-hydrogen) atoms. The molecule has 0 aromatic rings. The Morgan fingerprint density at radius 3 is 1.93 bits per heavy atom. The Morgan fingerprint density at radius 1 is 0.929 bits per heavy atom. The van der Waals surface area contributed by atoms with Crippen LogP contribution < -0.4 is 0 Å². The van der Waals surface area contributed by atoms with Gasteiger partial charge in [0.15, 0.2) is 0 Å². The molecule has 0 spiro atoms. The third-order valence-electron chi connectivity index (χ3n) is 1.77. The van der Waals surface area contributed by atoms with Crippen LogP contribution in [-0.2, 0) is 9.09 Å². The molecule has 0 aromatic carbocycles. The van der Waals surface area contributed by atoms with Crippen LogP contribution >= 0.6 is 40.2 Å². The van der Waals surface area contributed by atoms with Crippen molar-refractivity contribution in [1.29, 1.82) is 0 Å². The minimum atomic E-state index is -3.30. The maximum atomic E-state index is 10.7. The second kappa shape index (κ2) is 9.30. The molecule has 0 saturated heterocycles. The Kier molecular flexibility index (Phi) is 10.0. The van der Waals surface area contributed by atoms with Crippen LogP contribution in [0.3, 0.4) is 0 Å². The largest absolute Gasteiger partial charge is 0.380 e. The summed E-state index contributed by atoms with van der Waals surface area (Å²) in [5, 5.41) is 0. The molecule has 2 nitrogen and oxygen atoms in total. The number of hydrogen-bond acceptors (Lipinski definition) is 2. The number of hydrogen-bond donors (Lipinski definition) is 0. The summed E-state index contributed by atoms with van der Waals surface area (Å²) < 4.78 is 15.4. The summed E-state index contributed by atoms with van der Waals surface area (Å²) in [7, 11) is 0. The van der Waals surface area contributed by atoms with E-state index in [0.29, 0.717) is 6.61 Å². The molecule has 0 aliphatic carbocycles. The van der Waals surface area contributed by atoms with Gasteiger partial charge in [0.05, 0.1) is 6.61 Å². The number of alkyl halides is 1. The molecule has 0 amide bonds. The lowest BCUT2D eigenvalue weighted by Crippen LogP contribution is -1.88. The van der Waals surface area contributed by atoms with Crippen molar-refractivity contribution in [2.45, 2.75) is 38.5 Å². The van der Waals surface area contributed by atoms with E-state index >= 15 is 0 Å². The quantitative estimate of drug-likeness (QED) is 0.331. The van der Waals surface area contributed by atoms with Gasteiger partial charge in [0.25, 0.3) is 0 Å². The highest BCUT2D eigenvalue weighted by Gasteiger charge is 2.12. The molecule has 0 heterocycles. The Morgan fingerprint density at radius 2 is 1.43 bits per heavy atom. The van der Waals surface area contributed by atoms with Gasteiger partial charge in [-0.1, -0.05) is 25.7 Å². The molecule has 0 rings (SSSR count). The third kappa shape index (κ3) is 13.1. The summed E-state index contributed by atoms with van der Waals surface area (Å²) in [6, 6.07) is 0.